The van der Waals surface area contributed by atoms with Gasteiger partial charge in [0, 0.05) is 17.1 Å². The van der Waals surface area contributed by atoms with Crippen molar-refractivity contribution in [1.29, 1.82) is 0 Å². The van der Waals surface area contributed by atoms with Crippen molar-refractivity contribution in [2.45, 2.75) is 65.2 Å². The van der Waals surface area contributed by atoms with Crippen molar-refractivity contribution < 1.29 is 17.1 Å². The van der Waals surface area contributed by atoms with Gasteiger partial charge in [-0.1, -0.05) is 65.2 Å². The Morgan fingerprint density at radius 2 is 0.905 bits per heavy atom. The molecule has 0 unspecified atom stereocenters. The van der Waals surface area contributed by atoms with E-state index in [1.54, 1.807) is 0 Å². The van der Waals surface area contributed by atoms with Gasteiger partial charge >= 0.3 is 0 Å². The van der Waals surface area contributed by atoms with Crippen molar-refractivity contribution in [2.24, 2.45) is 0 Å². The summed E-state index contributed by atoms with van der Waals surface area (Å²) in [5.41, 5.74) is 0. The van der Waals surface area contributed by atoms with Crippen LogP contribution in [-0.2, 0) is 17.1 Å². The summed E-state index contributed by atoms with van der Waals surface area (Å²) in [4.78, 5) is 0. The van der Waals surface area contributed by atoms with Crippen LogP contribution in [0.5, 0.6) is 0 Å². The minimum absolute atomic E-state index is 0. The van der Waals surface area contributed by atoms with Gasteiger partial charge in [-0.2, -0.15) is 18.2 Å². The fraction of sp³-hybridized carbons (Fsp3) is 0.500. The summed E-state index contributed by atoms with van der Waals surface area (Å²) < 4.78 is 0. The van der Waals surface area contributed by atoms with Crippen LogP contribution in [0, 0.1) is 0 Å². The van der Waals surface area contributed by atoms with Crippen LogP contribution in [0.2, 0.25) is 0 Å². The van der Waals surface area contributed by atoms with E-state index in [0.717, 1.165) is 0 Å². The van der Waals surface area contributed by atoms with Crippen molar-refractivity contribution in [3.63, 3.8) is 0 Å². The van der Waals surface area contributed by atoms with Gasteiger partial charge in [-0.25, -0.2) is 12.1 Å². The van der Waals surface area contributed by atoms with Gasteiger partial charge in [0.25, 0.3) is 0 Å². The smallest absolute Gasteiger partial charge is 0 e. The molecule has 2 rings (SSSR count). The molecule has 0 N–H and O–H groups in total. The first-order chi connectivity index (χ1) is 9.91. The summed E-state index contributed by atoms with van der Waals surface area (Å²) in [5, 5.41) is 0. The zero-order chi connectivity index (χ0) is 14.7. The maximum Gasteiger partial charge on any atom is 0 e. The van der Waals surface area contributed by atoms with Crippen LogP contribution in [0.4, 0.5) is 0 Å². The monoisotopic (exact) mass is 328 g/mol. The summed E-state index contributed by atoms with van der Waals surface area (Å²) in [6, 6.07) is 20.0. The largest absolute Gasteiger partial charge is 0.748 e. The van der Waals surface area contributed by atoms with Gasteiger partial charge in [-0.3, -0.25) is 0 Å². The Hall–Kier alpha value is -0.781. The molecule has 0 radical (unpaired) electrons. The number of hydrogen-bond acceptors (Lipinski definition) is 0. The molecular formula is C20H32Fe-6. The normalized spacial score (nSPS) is 8.67. The molecule has 1 heteroatoms. The molecule has 2 aromatic rings. The SMILES string of the molecule is CCCCCCCCCC.[Fe].[cH-]1[cH-][cH-][cH-][cH-]1.c1cc[cH-]c1. The third-order valence-corrected chi connectivity index (χ3v) is 3.07. The molecule has 0 atom stereocenters. The Bertz CT molecular complexity index is 239. The van der Waals surface area contributed by atoms with E-state index in [4.69, 9.17) is 0 Å². The van der Waals surface area contributed by atoms with E-state index in [9.17, 15) is 0 Å². The van der Waals surface area contributed by atoms with Gasteiger partial charge in [0.1, 0.15) is 0 Å². The topological polar surface area (TPSA) is 0 Å². The van der Waals surface area contributed by atoms with E-state index >= 15 is 0 Å². The predicted molar refractivity (Wildman–Crippen MR) is 92.4 cm³/mol. The van der Waals surface area contributed by atoms with Gasteiger partial charge in [-0.15, -0.1) is 0 Å². The molecule has 2 aromatic carbocycles. The third-order valence-electron chi connectivity index (χ3n) is 3.07. The van der Waals surface area contributed by atoms with E-state index in [-0.39, 0.29) is 17.1 Å². The first-order valence-electron chi connectivity index (χ1n) is 8.25. The average molecular weight is 328 g/mol. The molecule has 0 aliphatic carbocycles. The number of unbranched alkanes of at least 4 members (excludes halogenated alkanes) is 7. The fourth-order valence-corrected chi connectivity index (χ4v) is 1.85. The van der Waals surface area contributed by atoms with Crippen molar-refractivity contribution in [1.82, 2.24) is 0 Å². The summed E-state index contributed by atoms with van der Waals surface area (Å²) in [7, 11) is 0. The minimum atomic E-state index is 0. The van der Waals surface area contributed by atoms with Crippen LogP contribution in [0.3, 0.4) is 0 Å². The average Bonchev–Trinajstić information content (AvgIpc) is 3.21. The van der Waals surface area contributed by atoms with Crippen LogP contribution >= 0.6 is 0 Å². The van der Waals surface area contributed by atoms with Crippen LogP contribution in [-0.4, -0.2) is 0 Å². The molecule has 21 heavy (non-hydrogen) atoms. The Kier molecular flexibility index (Phi) is 23.1. The fourth-order valence-electron chi connectivity index (χ4n) is 1.85. The Balaban J connectivity index is 0. The Morgan fingerprint density at radius 1 is 0.571 bits per heavy atom. The number of hydrogen-bond donors (Lipinski definition) is 0. The van der Waals surface area contributed by atoms with Gasteiger partial charge in [0.05, 0.1) is 0 Å². The maximum absolute atomic E-state index is 2.27. The molecule has 0 nitrogen and oxygen atoms in total. The Morgan fingerprint density at radius 3 is 1.14 bits per heavy atom. The maximum atomic E-state index is 2.27. The van der Waals surface area contributed by atoms with Gasteiger partial charge < -0.3 is 30.3 Å². The van der Waals surface area contributed by atoms with Crippen LogP contribution in [0.15, 0.2) is 60.7 Å². The molecule has 0 bridgehead atoms. The molecule has 0 aliphatic rings. The quantitative estimate of drug-likeness (QED) is 0.293. The Labute approximate surface area is 143 Å². The third kappa shape index (κ3) is 21.7. The molecular weight excluding hydrogens is 296 g/mol. The number of rotatable bonds is 7. The van der Waals surface area contributed by atoms with Gasteiger partial charge in [-0.05, 0) is 0 Å². The van der Waals surface area contributed by atoms with Crippen LogP contribution in [0.25, 0.3) is 0 Å². The van der Waals surface area contributed by atoms with E-state index < -0.39 is 0 Å². The molecule has 0 fully saturated rings. The van der Waals surface area contributed by atoms with E-state index in [2.05, 4.69) is 13.8 Å². The molecule has 0 saturated heterocycles. The second kappa shape index (κ2) is 21.5. The van der Waals surface area contributed by atoms with Gasteiger partial charge in [0.2, 0.25) is 0 Å². The van der Waals surface area contributed by atoms with E-state index in [0.29, 0.717) is 0 Å². The van der Waals surface area contributed by atoms with Crippen molar-refractivity contribution in [3.05, 3.63) is 60.7 Å². The van der Waals surface area contributed by atoms with Crippen molar-refractivity contribution >= 4 is 0 Å². The molecule has 0 spiro atoms. The van der Waals surface area contributed by atoms with E-state index in [1.807, 2.05) is 60.7 Å². The van der Waals surface area contributed by atoms with Gasteiger partial charge in [0.15, 0.2) is 0 Å². The molecule has 0 heterocycles. The van der Waals surface area contributed by atoms with Crippen molar-refractivity contribution in [3.8, 4) is 0 Å². The summed E-state index contributed by atoms with van der Waals surface area (Å²) in [5.74, 6) is 0. The first-order valence-corrected chi connectivity index (χ1v) is 8.25. The standard InChI is InChI=1S/C10H22.2C5H5.Fe/c1-3-5-7-9-10-8-6-4-2;2*1-2-4-5-3-1;/h3-10H2,1-2H3;2*1-5H;/q;-5;-1;. The molecule has 0 saturated carbocycles. The van der Waals surface area contributed by atoms with Crippen LogP contribution in [0.1, 0.15) is 65.2 Å². The molecule has 126 valence electrons. The summed E-state index contributed by atoms with van der Waals surface area (Å²) >= 11 is 0. The minimum Gasteiger partial charge on any atom is -0.748 e. The zero-order valence-electron chi connectivity index (χ0n) is 13.8. The molecule has 0 amide bonds. The zero-order valence-corrected chi connectivity index (χ0v) is 14.9. The van der Waals surface area contributed by atoms with Crippen molar-refractivity contribution in [2.75, 3.05) is 0 Å². The summed E-state index contributed by atoms with van der Waals surface area (Å²) in [6.07, 6.45) is 11.5. The second-order valence-corrected chi connectivity index (χ2v) is 5.05. The summed E-state index contributed by atoms with van der Waals surface area (Å²) in [6.45, 7) is 4.54. The van der Waals surface area contributed by atoms with E-state index in [1.165, 1.54) is 51.4 Å². The molecule has 0 aromatic heterocycles. The predicted octanol–water partition coefficient (Wildman–Crippen LogP) is 6.96. The first kappa shape index (κ1) is 22.5. The second-order valence-electron chi connectivity index (χ2n) is 5.05. The van der Waals surface area contributed by atoms with Crippen LogP contribution < -0.4 is 0 Å². The molecule has 0 aliphatic heterocycles.